The molecule has 0 saturated carbocycles. The highest BCUT2D eigenvalue weighted by Gasteiger charge is 2.35. The number of aliphatic hydroxyl groups is 1. The third-order valence-corrected chi connectivity index (χ3v) is 7.68. The van der Waals surface area contributed by atoms with Crippen LogP contribution < -0.4 is 10.2 Å². The number of ether oxygens (including phenoxy) is 1. The quantitative estimate of drug-likeness (QED) is 0.333. The van der Waals surface area contributed by atoms with Gasteiger partial charge in [-0.1, -0.05) is 12.1 Å². The second-order valence-corrected chi connectivity index (χ2v) is 12.6. The maximum Gasteiger partial charge on any atom is 0.410 e. The van der Waals surface area contributed by atoms with Crippen molar-refractivity contribution in [1.82, 2.24) is 24.8 Å². The molecule has 1 aliphatic heterocycles. The van der Waals surface area contributed by atoms with Crippen LogP contribution in [0.5, 0.6) is 0 Å². The van der Waals surface area contributed by atoms with Crippen LogP contribution in [0.1, 0.15) is 52.5 Å². The molecule has 1 aromatic carbocycles. The maximum absolute atomic E-state index is 12.4. The third kappa shape index (κ3) is 9.37. The van der Waals surface area contributed by atoms with E-state index >= 15 is 0 Å². The molecule has 2 N–H and O–H groups in total. The summed E-state index contributed by atoms with van der Waals surface area (Å²) >= 11 is 0. The van der Waals surface area contributed by atoms with Crippen molar-refractivity contribution in [2.24, 2.45) is 0 Å². The summed E-state index contributed by atoms with van der Waals surface area (Å²) in [6, 6.07) is 13.7. The third-order valence-electron chi connectivity index (χ3n) is 7.68. The monoisotopic (exact) mass is 603 g/mol. The largest absolute Gasteiger partial charge is 0.444 e. The Labute approximate surface area is 260 Å². The number of amides is 2. The Morgan fingerprint density at radius 1 is 1.07 bits per heavy atom. The molecule has 4 rings (SSSR count). The van der Waals surface area contributed by atoms with Crippen LogP contribution in [0.25, 0.3) is 11.3 Å². The van der Waals surface area contributed by atoms with Crippen LogP contribution in [0.15, 0.2) is 54.9 Å². The number of piperidine rings is 1. The van der Waals surface area contributed by atoms with Crippen molar-refractivity contribution in [3.63, 3.8) is 0 Å². The zero-order valence-corrected chi connectivity index (χ0v) is 26.7. The van der Waals surface area contributed by atoms with Gasteiger partial charge in [0.2, 0.25) is 11.9 Å². The molecule has 2 amide bonds. The highest BCUT2D eigenvalue weighted by Crippen LogP contribution is 2.29. The topological polar surface area (TPSA) is 124 Å². The Kier molecular flexibility index (Phi) is 10.4. The van der Waals surface area contributed by atoms with Crippen LogP contribution in [0, 0.1) is 0 Å². The number of hydrogen-bond donors (Lipinski definition) is 2. The lowest BCUT2D eigenvalue weighted by atomic mass is 9.85. The Morgan fingerprint density at radius 3 is 2.48 bits per heavy atom. The van der Waals surface area contributed by atoms with E-state index in [9.17, 15) is 14.7 Å². The van der Waals surface area contributed by atoms with Crippen molar-refractivity contribution >= 4 is 29.5 Å². The summed E-state index contributed by atoms with van der Waals surface area (Å²) in [5.41, 5.74) is 1.98. The lowest BCUT2D eigenvalue weighted by Crippen LogP contribution is -2.49. The molecule has 0 spiro atoms. The number of hydrogen-bond acceptors (Lipinski definition) is 9. The summed E-state index contributed by atoms with van der Waals surface area (Å²) in [5, 5.41) is 14.6. The van der Waals surface area contributed by atoms with Gasteiger partial charge in [0.15, 0.2) is 0 Å². The normalized spacial score (nSPS) is 14.6. The molecule has 1 aliphatic rings. The molecule has 1 saturated heterocycles. The Morgan fingerprint density at radius 2 is 1.82 bits per heavy atom. The van der Waals surface area contributed by atoms with E-state index in [0.717, 1.165) is 41.3 Å². The Balaban J connectivity index is 1.33. The first-order chi connectivity index (χ1) is 20.8. The summed E-state index contributed by atoms with van der Waals surface area (Å²) < 4.78 is 5.48. The first kappa shape index (κ1) is 32.7. The van der Waals surface area contributed by atoms with Gasteiger partial charge in [-0.3, -0.25) is 4.79 Å². The molecule has 0 unspecified atom stereocenters. The van der Waals surface area contributed by atoms with Gasteiger partial charge in [-0.15, -0.1) is 0 Å². The summed E-state index contributed by atoms with van der Waals surface area (Å²) in [6.07, 6.45) is 5.47. The molecule has 0 atom stereocenters. The number of likely N-dealkylation sites (tertiary alicyclic amines) is 1. The molecule has 0 bridgehead atoms. The van der Waals surface area contributed by atoms with E-state index in [-0.39, 0.29) is 12.0 Å². The van der Waals surface area contributed by atoms with Gasteiger partial charge in [0.25, 0.3) is 0 Å². The van der Waals surface area contributed by atoms with Crippen LogP contribution in [0.2, 0.25) is 0 Å². The lowest BCUT2D eigenvalue weighted by molar-refractivity contribution is -0.127. The van der Waals surface area contributed by atoms with E-state index in [2.05, 4.69) is 20.2 Å². The number of benzene rings is 1. The first-order valence-corrected chi connectivity index (χ1v) is 15.1. The fourth-order valence-electron chi connectivity index (χ4n) is 5.04. The molecule has 2 aromatic heterocycles. The van der Waals surface area contributed by atoms with Gasteiger partial charge < -0.3 is 29.9 Å². The second-order valence-electron chi connectivity index (χ2n) is 12.6. The molecule has 3 heterocycles. The predicted molar refractivity (Wildman–Crippen MR) is 172 cm³/mol. The van der Waals surface area contributed by atoms with Gasteiger partial charge in [0.05, 0.1) is 11.3 Å². The molecular weight excluding hydrogens is 558 g/mol. The van der Waals surface area contributed by atoms with Crippen molar-refractivity contribution in [2.45, 2.75) is 64.6 Å². The van der Waals surface area contributed by atoms with E-state index in [4.69, 9.17) is 9.72 Å². The maximum atomic E-state index is 12.4. The van der Waals surface area contributed by atoms with Crippen LogP contribution in [-0.2, 0) is 16.0 Å². The zero-order valence-electron chi connectivity index (χ0n) is 26.7. The summed E-state index contributed by atoms with van der Waals surface area (Å²) in [6.45, 7) is 9.52. The van der Waals surface area contributed by atoms with Gasteiger partial charge in [0.1, 0.15) is 11.4 Å². The number of aromatic nitrogens is 3. The van der Waals surface area contributed by atoms with E-state index < -0.39 is 11.2 Å². The van der Waals surface area contributed by atoms with Crippen LogP contribution >= 0.6 is 0 Å². The molecule has 1 fully saturated rings. The van der Waals surface area contributed by atoms with E-state index in [0.29, 0.717) is 44.8 Å². The molecule has 11 nitrogen and oxygen atoms in total. The molecular formula is C33H45N7O4. The average molecular weight is 604 g/mol. The number of rotatable bonds is 10. The van der Waals surface area contributed by atoms with Gasteiger partial charge in [0, 0.05) is 77.3 Å². The SMILES string of the molecule is CC(=O)N(C)CCCN(C)c1ccc(-c2ccnc(Nc3cccc(CC4(O)CCN(C(=O)OC(C)(C)C)CC4)c3)n2)cn1. The summed E-state index contributed by atoms with van der Waals surface area (Å²) in [5.74, 6) is 1.37. The number of anilines is 3. The van der Waals surface area contributed by atoms with Gasteiger partial charge in [-0.05, 0) is 75.9 Å². The number of nitrogens with one attached hydrogen (secondary N) is 1. The fraction of sp³-hybridized carbons (Fsp3) is 0.485. The number of carbonyl (C=O) groups is 2. The highest BCUT2D eigenvalue weighted by atomic mass is 16.6. The van der Waals surface area contributed by atoms with Crippen LogP contribution in [0.3, 0.4) is 0 Å². The average Bonchev–Trinajstić information content (AvgIpc) is 2.96. The standard InChI is InChI=1S/C33H45N7O4/c1-24(41)38(5)17-8-18-39(6)29-12-11-26(23-35-29)28-13-16-34-30(37-28)36-27-10-7-9-25(21-27)22-33(43)14-19-40(20-15-33)31(42)44-32(2,3)4/h7,9-13,16,21,23,43H,8,14-15,17-20,22H2,1-6H3,(H,34,36,37). The van der Waals surface area contributed by atoms with E-state index in [1.807, 2.05) is 77.3 Å². The summed E-state index contributed by atoms with van der Waals surface area (Å²) in [4.78, 5) is 43.0. The van der Waals surface area contributed by atoms with E-state index in [1.165, 1.54) is 0 Å². The van der Waals surface area contributed by atoms with Crippen molar-refractivity contribution in [3.8, 4) is 11.3 Å². The first-order valence-electron chi connectivity index (χ1n) is 15.1. The van der Waals surface area contributed by atoms with Crippen LogP contribution in [-0.4, -0.2) is 93.3 Å². The number of nitrogens with zero attached hydrogens (tertiary/aromatic N) is 6. The molecule has 11 heteroatoms. The predicted octanol–water partition coefficient (Wildman–Crippen LogP) is 4.89. The van der Waals surface area contributed by atoms with Gasteiger partial charge in [-0.2, -0.15) is 0 Å². The Hall–Kier alpha value is -4.25. The Bertz CT molecular complexity index is 1420. The van der Waals surface area contributed by atoms with Gasteiger partial charge >= 0.3 is 6.09 Å². The fourth-order valence-corrected chi connectivity index (χ4v) is 5.04. The smallest absolute Gasteiger partial charge is 0.410 e. The van der Waals surface area contributed by atoms with Gasteiger partial charge in [-0.25, -0.2) is 19.7 Å². The molecule has 0 radical (unpaired) electrons. The lowest BCUT2D eigenvalue weighted by Gasteiger charge is -2.38. The minimum Gasteiger partial charge on any atom is -0.444 e. The van der Waals surface area contributed by atoms with Crippen molar-refractivity contribution in [1.29, 1.82) is 0 Å². The molecule has 0 aliphatic carbocycles. The van der Waals surface area contributed by atoms with Crippen molar-refractivity contribution < 1.29 is 19.4 Å². The molecule has 44 heavy (non-hydrogen) atoms. The zero-order chi connectivity index (χ0) is 31.9. The minimum absolute atomic E-state index is 0.0640. The molecule has 3 aromatic rings. The number of carbonyl (C=O) groups excluding carboxylic acids is 2. The van der Waals surface area contributed by atoms with Crippen LogP contribution in [0.4, 0.5) is 22.2 Å². The van der Waals surface area contributed by atoms with Crippen molar-refractivity contribution in [3.05, 3.63) is 60.4 Å². The molecule has 236 valence electrons. The highest BCUT2D eigenvalue weighted by molar-refractivity contribution is 5.72. The minimum atomic E-state index is -0.897. The van der Waals surface area contributed by atoms with E-state index in [1.54, 1.807) is 29.1 Å². The second kappa shape index (κ2) is 14.0. The number of pyridine rings is 1. The van der Waals surface area contributed by atoms with Crippen molar-refractivity contribution in [2.75, 3.05) is 50.5 Å². The summed E-state index contributed by atoms with van der Waals surface area (Å²) in [7, 11) is 3.80.